The van der Waals surface area contributed by atoms with E-state index in [0.29, 0.717) is 23.6 Å². The van der Waals surface area contributed by atoms with E-state index in [1.165, 1.54) is 7.11 Å². The van der Waals surface area contributed by atoms with Crippen LogP contribution >= 0.6 is 12.4 Å². The summed E-state index contributed by atoms with van der Waals surface area (Å²) in [7, 11) is 1.33. The van der Waals surface area contributed by atoms with Crippen molar-refractivity contribution in [2.45, 2.75) is 32.9 Å². The van der Waals surface area contributed by atoms with Gasteiger partial charge in [0.15, 0.2) is 0 Å². The Hall–Kier alpha value is -2.64. The summed E-state index contributed by atoms with van der Waals surface area (Å²) < 4.78 is 6.32. The molecule has 1 amide bonds. The molecule has 1 atom stereocenters. The van der Waals surface area contributed by atoms with Crippen molar-refractivity contribution in [2.75, 3.05) is 20.2 Å². The molecule has 1 saturated heterocycles. The quantitative estimate of drug-likeness (QED) is 0.682. The standard InChI is InChI=1S/C22H27N3O4.ClH/c1-15-9-11-25(14-17-4-3-10-23-12-17)21(27)19(15)20(26)24-13-16-5-7-18(8-6-16)22(28)29-2;/h5-9,11,17,23H,3-4,10,12-14H2,1-2H3,(H,24,26);1H. The Balaban J connectivity index is 0.00000320. The number of carbonyl (C=O) groups excluding carboxylic acids is 2. The fourth-order valence-electron chi connectivity index (χ4n) is 3.59. The summed E-state index contributed by atoms with van der Waals surface area (Å²) in [4.78, 5) is 37.1. The molecule has 162 valence electrons. The van der Waals surface area contributed by atoms with E-state index in [1.807, 2.05) is 6.07 Å². The predicted molar refractivity (Wildman–Crippen MR) is 117 cm³/mol. The highest BCUT2D eigenvalue weighted by molar-refractivity contribution is 5.95. The molecule has 0 aliphatic carbocycles. The van der Waals surface area contributed by atoms with Crippen molar-refractivity contribution in [2.24, 2.45) is 5.92 Å². The number of nitrogens with one attached hydrogen (secondary N) is 2. The van der Waals surface area contributed by atoms with E-state index >= 15 is 0 Å². The number of esters is 1. The van der Waals surface area contributed by atoms with Crippen LogP contribution in [-0.4, -0.2) is 36.6 Å². The van der Waals surface area contributed by atoms with Crippen LogP contribution in [0, 0.1) is 12.8 Å². The molecule has 1 aliphatic rings. The van der Waals surface area contributed by atoms with Gasteiger partial charge in [-0.25, -0.2) is 4.79 Å². The smallest absolute Gasteiger partial charge is 0.337 e. The number of ether oxygens (including phenoxy) is 1. The number of hydrogen-bond donors (Lipinski definition) is 2. The Bertz CT molecular complexity index is 934. The number of carbonyl (C=O) groups is 2. The van der Waals surface area contributed by atoms with Gasteiger partial charge in [0, 0.05) is 19.3 Å². The molecule has 0 spiro atoms. The second-order valence-corrected chi connectivity index (χ2v) is 7.41. The molecular formula is C22H28ClN3O4. The minimum absolute atomic E-state index is 0. The average Bonchev–Trinajstić information content (AvgIpc) is 2.75. The number of amides is 1. The maximum absolute atomic E-state index is 12.9. The van der Waals surface area contributed by atoms with Gasteiger partial charge in [0.1, 0.15) is 5.56 Å². The highest BCUT2D eigenvalue weighted by atomic mass is 35.5. The van der Waals surface area contributed by atoms with Crippen LogP contribution in [0.2, 0.25) is 0 Å². The van der Waals surface area contributed by atoms with Gasteiger partial charge in [-0.1, -0.05) is 12.1 Å². The lowest BCUT2D eigenvalue weighted by Crippen LogP contribution is -2.37. The molecule has 3 rings (SSSR count). The van der Waals surface area contributed by atoms with Gasteiger partial charge in [-0.15, -0.1) is 12.4 Å². The topological polar surface area (TPSA) is 89.4 Å². The molecule has 0 radical (unpaired) electrons. The maximum Gasteiger partial charge on any atom is 0.337 e. The van der Waals surface area contributed by atoms with Crippen LogP contribution in [-0.2, 0) is 17.8 Å². The third-order valence-electron chi connectivity index (χ3n) is 5.28. The van der Waals surface area contributed by atoms with Crippen molar-refractivity contribution >= 4 is 24.3 Å². The molecular weight excluding hydrogens is 406 g/mol. The van der Waals surface area contributed by atoms with Crippen LogP contribution in [0.4, 0.5) is 0 Å². The molecule has 0 bridgehead atoms. The SMILES string of the molecule is COC(=O)c1ccc(CNC(=O)c2c(C)ccn(CC3CCCNC3)c2=O)cc1.Cl. The van der Waals surface area contributed by atoms with Gasteiger partial charge in [-0.05, 0) is 68.1 Å². The third kappa shape index (κ3) is 5.70. The number of nitrogens with zero attached hydrogens (tertiary/aromatic N) is 1. The van der Waals surface area contributed by atoms with Crippen molar-refractivity contribution in [1.82, 2.24) is 15.2 Å². The second kappa shape index (κ2) is 10.9. The number of benzene rings is 1. The van der Waals surface area contributed by atoms with Crippen molar-refractivity contribution in [1.29, 1.82) is 0 Å². The van der Waals surface area contributed by atoms with Crippen molar-refractivity contribution in [3.8, 4) is 0 Å². The van der Waals surface area contributed by atoms with E-state index in [0.717, 1.165) is 31.5 Å². The second-order valence-electron chi connectivity index (χ2n) is 7.41. The summed E-state index contributed by atoms with van der Waals surface area (Å²) in [5, 5.41) is 6.16. The Morgan fingerprint density at radius 1 is 1.23 bits per heavy atom. The molecule has 2 N–H and O–H groups in total. The van der Waals surface area contributed by atoms with Gasteiger partial charge in [0.2, 0.25) is 0 Å². The van der Waals surface area contributed by atoms with Crippen LogP contribution in [0.15, 0.2) is 41.3 Å². The summed E-state index contributed by atoms with van der Waals surface area (Å²) in [5.74, 6) is -0.400. The number of rotatable bonds is 6. The van der Waals surface area contributed by atoms with Crippen LogP contribution < -0.4 is 16.2 Å². The van der Waals surface area contributed by atoms with Crippen molar-refractivity contribution in [3.63, 3.8) is 0 Å². The van der Waals surface area contributed by atoms with E-state index in [-0.39, 0.29) is 36.0 Å². The molecule has 1 aliphatic heterocycles. The summed E-state index contributed by atoms with van der Waals surface area (Å²) in [6.07, 6.45) is 3.96. The Kier molecular flexibility index (Phi) is 8.62. The zero-order valence-corrected chi connectivity index (χ0v) is 18.1. The van der Waals surface area contributed by atoms with E-state index in [4.69, 9.17) is 0 Å². The highest BCUT2D eigenvalue weighted by Crippen LogP contribution is 2.13. The van der Waals surface area contributed by atoms with Crippen LogP contribution in [0.3, 0.4) is 0 Å². The third-order valence-corrected chi connectivity index (χ3v) is 5.28. The molecule has 8 heteroatoms. The van der Waals surface area contributed by atoms with Gasteiger partial charge in [0.05, 0.1) is 12.7 Å². The highest BCUT2D eigenvalue weighted by Gasteiger charge is 2.19. The van der Waals surface area contributed by atoms with E-state index in [2.05, 4.69) is 15.4 Å². The molecule has 2 aromatic rings. The summed E-state index contributed by atoms with van der Waals surface area (Å²) in [6, 6.07) is 8.60. The summed E-state index contributed by atoms with van der Waals surface area (Å²) in [6.45, 7) is 4.56. The minimum Gasteiger partial charge on any atom is -0.465 e. The van der Waals surface area contributed by atoms with Crippen molar-refractivity contribution < 1.29 is 14.3 Å². The van der Waals surface area contributed by atoms with E-state index in [1.54, 1.807) is 42.0 Å². The van der Waals surface area contributed by atoms with Crippen LogP contribution in [0.1, 0.15) is 44.7 Å². The molecule has 30 heavy (non-hydrogen) atoms. The molecule has 7 nitrogen and oxygen atoms in total. The molecule has 0 saturated carbocycles. The largest absolute Gasteiger partial charge is 0.465 e. The lowest BCUT2D eigenvalue weighted by molar-refractivity contribution is 0.0600. The summed E-state index contributed by atoms with van der Waals surface area (Å²) in [5.41, 5.74) is 1.86. The molecule has 1 fully saturated rings. The van der Waals surface area contributed by atoms with E-state index < -0.39 is 5.97 Å². The van der Waals surface area contributed by atoms with E-state index in [9.17, 15) is 14.4 Å². The lowest BCUT2D eigenvalue weighted by atomic mass is 9.99. The van der Waals surface area contributed by atoms with Crippen LogP contribution in [0.25, 0.3) is 0 Å². The normalized spacial score (nSPS) is 15.7. The van der Waals surface area contributed by atoms with Crippen LogP contribution in [0.5, 0.6) is 0 Å². The first-order valence-electron chi connectivity index (χ1n) is 9.86. The minimum atomic E-state index is -0.408. The molecule has 1 aromatic heterocycles. The first-order chi connectivity index (χ1) is 14.0. The lowest BCUT2D eigenvalue weighted by Gasteiger charge is -2.23. The molecule has 2 heterocycles. The summed E-state index contributed by atoms with van der Waals surface area (Å²) >= 11 is 0. The maximum atomic E-state index is 12.9. The van der Waals surface area contributed by atoms with Gasteiger partial charge in [-0.3, -0.25) is 9.59 Å². The number of methoxy groups -OCH3 is 1. The molecule has 1 unspecified atom stereocenters. The fourth-order valence-corrected chi connectivity index (χ4v) is 3.59. The first kappa shape index (κ1) is 23.6. The fraction of sp³-hybridized carbons (Fsp3) is 0.409. The number of pyridine rings is 1. The number of aryl methyl sites for hydroxylation is 1. The molecule has 1 aromatic carbocycles. The predicted octanol–water partition coefficient (Wildman–Crippen LogP) is 2.29. The number of piperidine rings is 1. The number of hydrogen-bond acceptors (Lipinski definition) is 5. The Morgan fingerprint density at radius 3 is 2.60 bits per heavy atom. The van der Waals surface area contributed by atoms with Gasteiger partial charge < -0.3 is 19.9 Å². The Morgan fingerprint density at radius 2 is 1.97 bits per heavy atom. The average molecular weight is 434 g/mol. The monoisotopic (exact) mass is 433 g/mol. The first-order valence-corrected chi connectivity index (χ1v) is 9.86. The number of aromatic nitrogens is 1. The Labute approximate surface area is 182 Å². The number of halogens is 1. The van der Waals surface area contributed by atoms with Crippen molar-refractivity contribution in [3.05, 3.63) is 69.1 Å². The zero-order valence-electron chi connectivity index (χ0n) is 17.3. The van der Waals surface area contributed by atoms with Gasteiger partial charge in [-0.2, -0.15) is 0 Å². The zero-order chi connectivity index (χ0) is 20.8. The van der Waals surface area contributed by atoms with Gasteiger partial charge in [0.25, 0.3) is 11.5 Å². The van der Waals surface area contributed by atoms with Gasteiger partial charge >= 0.3 is 5.97 Å².